The molecule has 3 rings (SSSR count). The predicted octanol–water partition coefficient (Wildman–Crippen LogP) is 2.63. The van der Waals surface area contributed by atoms with Gasteiger partial charge in [-0.25, -0.2) is 4.98 Å². The molecule has 4 nitrogen and oxygen atoms in total. The Labute approximate surface area is 103 Å². The second kappa shape index (κ2) is 3.75. The third kappa shape index (κ3) is 1.72. The summed E-state index contributed by atoms with van der Waals surface area (Å²) in [5.41, 5.74) is 8.99. The second-order valence-electron chi connectivity index (χ2n) is 3.71. The van der Waals surface area contributed by atoms with Gasteiger partial charge in [-0.2, -0.15) is 0 Å². The minimum atomic E-state index is 0.567. The van der Waals surface area contributed by atoms with Crippen LogP contribution in [0.3, 0.4) is 0 Å². The monoisotopic (exact) mass is 244 g/mol. The molecule has 3 aromatic heterocycles. The first-order valence-corrected chi connectivity index (χ1v) is 5.46. The van der Waals surface area contributed by atoms with Crippen LogP contribution in [0.4, 0.5) is 5.69 Å². The molecule has 0 aliphatic rings. The molecule has 0 saturated heterocycles. The summed E-state index contributed by atoms with van der Waals surface area (Å²) in [7, 11) is 0. The van der Waals surface area contributed by atoms with Crippen molar-refractivity contribution < 1.29 is 0 Å². The molecule has 17 heavy (non-hydrogen) atoms. The highest BCUT2D eigenvalue weighted by Gasteiger charge is 2.07. The van der Waals surface area contributed by atoms with E-state index in [2.05, 4.69) is 9.97 Å². The summed E-state index contributed by atoms with van der Waals surface area (Å²) in [4.78, 5) is 8.45. The lowest BCUT2D eigenvalue weighted by Gasteiger charge is -1.97. The Balaban J connectivity index is 2.24. The van der Waals surface area contributed by atoms with Crippen LogP contribution >= 0.6 is 11.6 Å². The average molecular weight is 245 g/mol. The van der Waals surface area contributed by atoms with Gasteiger partial charge < -0.3 is 10.1 Å². The summed E-state index contributed by atoms with van der Waals surface area (Å²) in [6.45, 7) is 0. The number of nitrogens with zero attached hydrogens (tertiary/aromatic N) is 3. The van der Waals surface area contributed by atoms with Crippen LogP contribution in [0, 0.1) is 0 Å². The molecule has 3 aromatic rings. The molecule has 0 aliphatic heterocycles. The van der Waals surface area contributed by atoms with E-state index in [9.17, 15) is 0 Å². The summed E-state index contributed by atoms with van der Waals surface area (Å²) in [5, 5.41) is 0.591. The lowest BCUT2D eigenvalue weighted by atomic mass is 10.2. The maximum atomic E-state index is 5.94. The fourth-order valence-corrected chi connectivity index (χ4v) is 1.97. The number of imidazole rings is 1. The van der Waals surface area contributed by atoms with Gasteiger partial charge in [0.25, 0.3) is 0 Å². The number of hydrogen-bond acceptors (Lipinski definition) is 3. The highest BCUT2D eigenvalue weighted by Crippen LogP contribution is 2.23. The Hall–Kier alpha value is -2.07. The van der Waals surface area contributed by atoms with Crippen LogP contribution < -0.4 is 5.73 Å². The van der Waals surface area contributed by atoms with Crippen molar-refractivity contribution in [2.45, 2.75) is 0 Å². The second-order valence-corrected chi connectivity index (χ2v) is 4.14. The Bertz CT molecular complexity index is 676. The minimum absolute atomic E-state index is 0.567. The minimum Gasteiger partial charge on any atom is -0.396 e. The summed E-state index contributed by atoms with van der Waals surface area (Å²) >= 11 is 5.94. The number of rotatable bonds is 1. The maximum Gasteiger partial charge on any atom is 0.160 e. The summed E-state index contributed by atoms with van der Waals surface area (Å²) in [5.74, 6) is 0. The predicted molar refractivity (Wildman–Crippen MR) is 67.8 cm³/mol. The number of aromatic nitrogens is 3. The van der Waals surface area contributed by atoms with Gasteiger partial charge >= 0.3 is 0 Å². The molecule has 0 radical (unpaired) electrons. The van der Waals surface area contributed by atoms with E-state index in [-0.39, 0.29) is 0 Å². The molecule has 0 amide bonds. The molecule has 0 fully saturated rings. The fraction of sp³-hybridized carbons (Fsp3) is 0. The largest absolute Gasteiger partial charge is 0.396 e. The molecule has 84 valence electrons. The molecule has 2 N–H and O–H groups in total. The van der Waals surface area contributed by atoms with Crippen LogP contribution in [0.25, 0.3) is 16.9 Å². The van der Waals surface area contributed by atoms with Crippen molar-refractivity contribution in [2.75, 3.05) is 5.73 Å². The van der Waals surface area contributed by atoms with Crippen LogP contribution in [0.5, 0.6) is 0 Å². The maximum absolute atomic E-state index is 5.94. The standard InChI is InChI=1S/C12H9ClN4/c13-9-5-10(14)12-16-11(7-17(12)6-9)8-1-3-15-4-2-8/h1-7H,14H2. The highest BCUT2D eigenvalue weighted by atomic mass is 35.5. The van der Waals surface area contributed by atoms with E-state index in [1.54, 1.807) is 24.7 Å². The Morgan fingerprint density at radius 3 is 2.71 bits per heavy atom. The fourth-order valence-electron chi connectivity index (χ4n) is 1.75. The van der Waals surface area contributed by atoms with Crippen LogP contribution in [-0.4, -0.2) is 14.4 Å². The topological polar surface area (TPSA) is 56.2 Å². The molecule has 0 aromatic carbocycles. The van der Waals surface area contributed by atoms with Gasteiger partial charge in [0.15, 0.2) is 5.65 Å². The first kappa shape index (κ1) is 10.1. The van der Waals surface area contributed by atoms with Crippen LogP contribution in [0.2, 0.25) is 5.02 Å². The van der Waals surface area contributed by atoms with E-state index in [4.69, 9.17) is 17.3 Å². The van der Waals surface area contributed by atoms with E-state index in [0.29, 0.717) is 16.4 Å². The normalized spacial score (nSPS) is 10.9. The van der Waals surface area contributed by atoms with Gasteiger partial charge in [0.2, 0.25) is 0 Å². The van der Waals surface area contributed by atoms with E-state index in [1.165, 1.54) is 0 Å². The molecule has 0 bridgehead atoms. The molecule has 3 heterocycles. The first-order valence-electron chi connectivity index (χ1n) is 5.08. The number of anilines is 1. The molecule has 0 saturated carbocycles. The average Bonchev–Trinajstić information content (AvgIpc) is 2.74. The Morgan fingerprint density at radius 2 is 1.94 bits per heavy atom. The van der Waals surface area contributed by atoms with Crippen molar-refractivity contribution in [3.05, 3.63) is 48.0 Å². The van der Waals surface area contributed by atoms with Gasteiger partial charge in [-0.3, -0.25) is 4.98 Å². The first-order chi connectivity index (χ1) is 8.24. The molecular weight excluding hydrogens is 236 g/mol. The molecule has 0 spiro atoms. The lowest BCUT2D eigenvalue weighted by molar-refractivity contribution is 1.19. The SMILES string of the molecule is Nc1cc(Cl)cn2cc(-c3ccncc3)nc12. The molecule has 0 atom stereocenters. The van der Waals surface area contributed by atoms with E-state index < -0.39 is 0 Å². The molecular formula is C12H9ClN4. The number of halogens is 1. The van der Waals surface area contributed by atoms with Crippen LogP contribution in [0.15, 0.2) is 43.0 Å². The number of nitrogens with two attached hydrogens (primary N) is 1. The number of pyridine rings is 2. The van der Waals surface area contributed by atoms with Crippen molar-refractivity contribution in [3.63, 3.8) is 0 Å². The zero-order valence-corrected chi connectivity index (χ0v) is 9.59. The van der Waals surface area contributed by atoms with Gasteiger partial charge in [-0.15, -0.1) is 0 Å². The van der Waals surface area contributed by atoms with Crippen LogP contribution in [-0.2, 0) is 0 Å². The van der Waals surface area contributed by atoms with Crippen molar-refractivity contribution in [3.8, 4) is 11.3 Å². The quantitative estimate of drug-likeness (QED) is 0.716. The van der Waals surface area contributed by atoms with Gasteiger partial charge in [-0.05, 0) is 18.2 Å². The number of nitrogen functional groups attached to an aromatic ring is 1. The molecule has 0 aliphatic carbocycles. The highest BCUT2D eigenvalue weighted by molar-refractivity contribution is 6.30. The van der Waals surface area contributed by atoms with Gasteiger partial charge in [0.1, 0.15) is 0 Å². The lowest BCUT2D eigenvalue weighted by Crippen LogP contribution is -1.91. The van der Waals surface area contributed by atoms with E-state index in [0.717, 1.165) is 11.3 Å². The van der Waals surface area contributed by atoms with E-state index >= 15 is 0 Å². The third-order valence-corrected chi connectivity index (χ3v) is 2.73. The van der Waals surface area contributed by atoms with Crippen molar-refractivity contribution >= 4 is 22.9 Å². The Kier molecular flexibility index (Phi) is 2.23. The van der Waals surface area contributed by atoms with E-state index in [1.807, 2.05) is 22.7 Å². The number of hydrogen-bond donors (Lipinski definition) is 1. The van der Waals surface area contributed by atoms with Crippen molar-refractivity contribution in [2.24, 2.45) is 0 Å². The third-order valence-electron chi connectivity index (χ3n) is 2.52. The molecule has 5 heteroatoms. The smallest absolute Gasteiger partial charge is 0.160 e. The zero-order valence-electron chi connectivity index (χ0n) is 8.84. The number of fused-ring (bicyclic) bond motifs is 1. The van der Waals surface area contributed by atoms with Gasteiger partial charge in [0.05, 0.1) is 16.4 Å². The summed E-state index contributed by atoms with van der Waals surface area (Å²) in [6.07, 6.45) is 7.14. The van der Waals surface area contributed by atoms with Gasteiger partial charge in [-0.1, -0.05) is 11.6 Å². The van der Waals surface area contributed by atoms with Crippen molar-refractivity contribution in [1.29, 1.82) is 0 Å². The summed E-state index contributed by atoms with van der Waals surface area (Å²) < 4.78 is 1.83. The zero-order chi connectivity index (χ0) is 11.8. The van der Waals surface area contributed by atoms with Crippen molar-refractivity contribution in [1.82, 2.24) is 14.4 Å². The summed E-state index contributed by atoms with van der Waals surface area (Å²) in [6, 6.07) is 5.50. The molecule has 0 unspecified atom stereocenters. The van der Waals surface area contributed by atoms with Crippen LogP contribution in [0.1, 0.15) is 0 Å². The van der Waals surface area contributed by atoms with Gasteiger partial charge in [0, 0.05) is 30.4 Å². The Morgan fingerprint density at radius 1 is 1.18 bits per heavy atom.